The van der Waals surface area contributed by atoms with E-state index in [-0.39, 0.29) is 11.7 Å². The summed E-state index contributed by atoms with van der Waals surface area (Å²) in [6, 6.07) is 0. The molecular formula is C12H22O3. The lowest BCUT2D eigenvalue weighted by atomic mass is 10.0. The van der Waals surface area contributed by atoms with Crippen molar-refractivity contribution >= 4 is 5.78 Å². The van der Waals surface area contributed by atoms with E-state index in [1.807, 2.05) is 13.8 Å². The minimum atomic E-state index is -0.434. The molecule has 0 unspecified atom stereocenters. The Hall–Kier alpha value is -0.410. The zero-order valence-electron chi connectivity index (χ0n) is 10.2. The number of ketones is 1. The van der Waals surface area contributed by atoms with Crippen molar-refractivity contribution in [1.29, 1.82) is 0 Å². The molecule has 1 fully saturated rings. The highest BCUT2D eigenvalue weighted by Gasteiger charge is 2.38. The summed E-state index contributed by atoms with van der Waals surface area (Å²) in [5, 5.41) is 0. The molecule has 1 aliphatic heterocycles. The molecule has 0 aromatic carbocycles. The van der Waals surface area contributed by atoms with E-state index >= 15 is 0 Å². The van der Waals surface area contributed by atoms with Gasteiger partial charge >= 0.3 is 0 Å². The van der Waals surface area contributed by atoms with Gasteiger partial charge in [0.1, 0.15) is 5.78 Å². The van der Waals surface area contributed by atoms with E-state index < -0.39 is 5.79 Å². The van der Waals surface area contributed by atoms with Crippen LogP contribution in [0.25, 0.3) is 0 Å². The van der Waals surface area contributed by atoms with Gasteiger partial charge in [0.2, 0.25) is 0 Å². The third kappa shape index (κ3) is 3.28. The summed E-state index contributed by atoms with van der Waals surface area (Å²) in [4.78, 5) is 11.0. The molecule has 3 heteroatoms. The van der Waals surface area contributed by atoms with Crippen LogP contribution in [0, 0.1) is 11.8 Å². The van der Waals surface area contributed by atoms with E-state index in [0.29, 0.717) is 12.5 Å². The SMILES string of the molecule is CC(=O)[C@H](C)CCO[C@]1(C)OCC[C@H]1C. The van der Waals surface area contributed by atoms with Crippen molar-refractivity contribution in [2.45, 2.75) is 46.3 Å². The van der Waals surface area contributed by atoms with Crippen molar-refractivity contribution < 1.29 is 14.3 Å². The molecule has 0 aromatic rings. The average molecular weight is 214 g/mol. The molecule has 0 N–H and O–H groups in total. The average Bonchev–Trinajstić information content (AvgIpc) is 2.47. The van der Waals surface area contributed by atoms with Crippen LogP contribution in [0.5, 0.6) is 0 Å². The predicted molar refractivity (Wildman–Crippen MR) is 58.6 cm³/mol. The van der Waals surface area contributed by atoms with Crippen molar-refractivity contribution in [1.82, 2.24) is 0 Å². The van der Waals surface area contributed by atoms with Gasteiger partial charge in [-0.05, 0) is 26.7 Å². The first kappa shape index (κ1) is 12.7. The molecule has 0 bridgehead atoms. The highest BCUT2D eigenvalue weighted by Crippen LogP contribution is 2.32. The van der Waals surface area contributed by atoms with Crippen LogP contribution in [0.1, 0.15) is 40.5 Å². The zero-order chi connectivity index (χ0) is 11.5. The molecule has 1 saturated heterocycles. The number of ether oxygens (including phenoxy) is 2. The second-order valence-electron chi connectivity index (χ2n) is 4.70. The highest BCUT2D eigenvalue weighted by molar-refractivity contribution is 5.77. The summed E-state index contributed by atoms with van der Waals surface area (Å²) in [6.07, 6.45) is 1.83. The van der Waals surface area contributed by atoms with Crippen molar-refractivity contribution in [3.63, 3.8) is 0 Å². The van der Waals surface area contributed by atoms with Gasteiger partial charge in [-0.25, -0.2) is 0 Å². The zero-order valence-corrected chi connectivity index (χ0v) is 10.2. The number of hydrogen-bond acceptors (Lipinski definition) is 3. The van der Waals surface area contributed by atoms with E-state index in [1.165, 1.54) is 0 Å². The van der Waals surface area contributed by atoms with Crippen LogP contribution in [0.4, 0.5) is 0 Å². The molecule has 0 aromatic heterocycles. The van der Waals surface area contributed by atoms with Gasteiger partial charge < -0.3 is 9.47 Å². The number of carbonyl (C=O) groups excluding carboxylic acids is 1. The van der Waals surface area contributed by atoms with E-state index in [4.69, 9.17) is 9.47 Å². The third-order valence-electron chi connectivity index (χ3n) is 3.47. The normalized spacial score (nSPS) is 32.9. The van der Waals surface area contributed by atoms with Gasteiger partial charge in [-0.3, -0.25) is 4.79 Å². The molecule has 0 spiro atoms. The van der Waals surface area contributed by atoms with Crippen LogP contribution in [0.15, 0.2) is 0 Å². The van der Waals surface area contributed by atoms with Crippen LogP contribution >= 0.6 is 0 Å². The molecule has 1 heterocycles. The molecule has 0 aliphatic carbocycles. The quantitative estimate of drug-likeness (QED) is 0.705. The van der Waals surface area contributed by atoms with E-state index in [9.17, 15) is 4.79 Å². The minimum absolute atomic E-state index is 0.0882. The summed E-state index contributed by atoms with van der Waals surface area (Å²) < 4.78 is 11.3. The molecule has 0 amide bonds. The van der Waals surface area contributed by atoms with Crippen LogP contribution in [0.2, 0.25) is 0 Å². The summed E-state index contributed by atoms with van der Waals surface area (Å²) >= 11 is 0. The van der Waals surface area contributed by atoms with Crippen molar-refractivity contribution in [2.75, 3.05) is 13.2 Å². The topological polar surface area (TPSA) is 35.5 Å². The molecule has 0 radical (unpaired) electrons. The minimum Gasteiger partial charge on any atom is -0.350 e. The third-order valence-corrected chi connectivity index (χ3v) is 3.47. The predicted octanol–water partition coefficient (Wildman–Crippen LogP) is 2.39. The maximum Gasteiger partial charge on any atom is 0.168 e. The molecular weight excluding hydrogens is 192 g/mol. The summed E-state index contributed by atoms with van der Waals surface area (Å²) in [7, 11) is 0. The smallest absolute Gasteiger partial charge is 0.168 e. The number of hydrogen-bond donors (Lipinski definition) is 0. The van der Waals surface area contributed by atoms with Crippen LogP contribution < -0.4 is 0 Å². The molecule has 3 atom stereocenters. The second-order valence-corrected chi connectivity index (χ2v) is 4.70. The molecule has 1 rings (SSSR count). The Morgan fingerprint density at radius 1 is 1.67 bits per heavy atom. The first-order valence-corrected chi connectivity index (χ1v) is 5.74. The van der Waals surface area contributed by atoms with Gasteiger partial charge in [-0.15, -0.1) is 0 Å². The van der Waals surface area contributed by atoms with Crippen LogP contribution in [-0.4, -0.2) is 24.8 Å². The fourth-order valence-electron chi connectivity index (χ4n) is 1.67. The van der Waals surface area contributed by atoms with Gasteiger partial charge in [0.25, 0.3) is 0 Å². The molecule has 88 valence electrons. The number of carbonyl (C=O) groups is 1. The van der Waals surface area contributed by atoms with Crippen molar-refractivity contribution in [3.8, 4) is 0 Å². The van der Waals surface area contributed by atoms with E-state index in [1.54, 1.807) is 6.92 Å². The van der Waals surface area contributed by atoms with Gasteiger partial charge in [0.15, 0.2) is 5.79 Å². The van der Waals surface area contributed by atoms with Gasteiger partial charge in [0, 0.05) is 11.8 Å². The fourth-order valence-corrected chi connectivity index (χ4v) is 1.67. The lowest BCUT2D eigenvalue weighted by Gasteiger charge is -2.28. The molecule has 15 heavy (non-hydrogen) atoms. The van der Waals surface area contributed by atoms with Crippen molar-refractivity contribution in [2.24, 2.45) is 11.8 Å². The van der Waals surface area contributed by atoms with Crippen LogP contribution in [0.3, 0.4) is 0 Å². The van der Waals surface area contributed by atoms with Crippen molar-refractivity contribution in [3.05, 3.63) is 0 Å². The molecule has 1 aliphatic rings. The first-order valence-electron chi connectivity index (χ1n) is 5.74. The maximum absolute atomic E-state index is 11.0. The summed E-state index contributed by atoms with van der Waals surface area (Å²) in [5.74, 6) is 0.316. The Balaban J connectivity index is 2.28. The Kier molecular flexibility index (Phi) is 4.29. The van der Waals surface area contributed by atoms with E-state index in [0.717, 1.165) is 19.4 Å². The summed E-state index contributed by atoms with van der Waals surface area (Å²) in [5.41, 5.74) is 0. The Morgan fingerprint density at radius 2 is 2.33 bits per heavy atom. The Morgan fingerprint density at radius 3 is 2.80 bits per heavy atom. The maximum atomic E-state index is 11.0. The largest absolute Gasteiger partial charge is 0.350 e. The van der Waals surface area contributed by atoms with Gasteiger partial charge in [0.05, 0.1) is 13.2 Å². The number of rotatable bonds is 5. The van der Waals surface area contributed by atoms with Gasteiger partial charge in [-0.1, -0.05) is 13.8 Å². The lowest BCUT2D eigenvalue weighted by Crippen LogP contribution is -2.34. The molecule has 3 nitrogen and oxygen atoms in total. The van der Waals surface area contributed by atoms with Gasteiger partial charge in [-0.2, -0.15) is 0 Å². The fraction of sp³-hybridized carbons (Fsp3) is 0.917. The number of Topliss-reactive ketones (excluding diaryl/α,β-unsaturated/α-hetero) is 1. The first-order chi connectivity index (χ1) is 6.96. The highest BCUT2D eigenvalue weighted by atomic mass is 16.7. The molecule has 0 saturated carbocycles. The van der Waals surface area contributed by atoms with Crippen LogP contribution in [-0.2, 0) is 14.3 Å². The lowest BCUT2D eigenvalue weighted by molar-refractivity contribution is -0.217. The second kappa shape index (κ2) is 5.08. The monoisotopic (exact) mass is 214 g/mol. The summed E-state index contributed by atoms with van der Waals surface area (Å²) in [6.45, 7) is 9.07. The standard InChI is InChI=1S/C12H22O3/c1-9(11(3)13)5-7-14-12(4)10(2)6-8-15-12/h9-10H,5-8H2,1-4H3/t9-,10-,12-/m1/s1. The Labute approximate surface area is 92.1 Å². The van der Waals surface area contributed by atoms with E-state index in [2.05, 4.69) is 6.92 Å². The Bertz CT molecular complexity index is 227.